The Balaban J connectivity index is 1.40. The van der Waals surface area contributed by atoms with E-state index in [1.54, 1.807) is 6.92 Å². The van der Waals surface area contributed by atoms with E-state index in [2.05, 4.69) is 26.2 Å². The SMILES string of the molecule is CC(=O)c1ccc(-c2cc(N3CC(CN4CCCC4)C3)c3nonc3c2)cc1. The van der Waals surface area contributed by atoms with Gasteiger partial charge in [0.05, 0.1) is 5.69 Å². The van der Waals surface area contributed by atoms with E-state index in [9.17, 15) is 4.79 Å². The number of anilines is 1. The van der Waals surface area contributed by atoms with Crippen molar-refractivity contribution < 1.29 is 9.42 Å². The van der Waals surface area contributed by atoms with E-state index in [1.807, 2.05) is 30.3 Å². The molecule has 2 aliphatic rings. The van der Waals surface area contributed by atoms with E-state index in [1.165, 1.54) is 32.5 Å². The molecule has 6 nitrogen and oxygen atoms in total. The van der Waals surface area contributed by atoms with Gasteiger partial charge in [-0.15, -0.1) is 0 Å². The average molecular weight is 376 g/mol. The predicted molar refractivity (Wildman–Crippen MR) is 109 cm³/mol. The van der Waals surface area contributed by atoms with Gasteiger partial charge in [-0.1, -0.05) is 24.3 Å². The summed E-state index contributed by atoms with van der Waals surface area (Å²) < 4.78 is 5.02. The van der Waals surface area contributed by atoms with Crippen molar-refractivity contribution in [3.63, 3.8) is 0 Å². The van der Waals surface area contributed by atoms with Gasteiger partial charge in [-0.25, -0.2) is 4.63 Å². The molecule has 2 fully saturated rings. The van der Waals surface area contributed by atoms with Gasteiger partial charge < -0.3 is 9.80 Å². The molecule has 3 heterocycles. The van der Waals surface area contributed by atoms with E-state index in [-0.39, 0.29) is 5.78 Å². The summed E-state index contributed by atoms with van der Waals surface area (Å²) in [7, 11) is 0. The monoisotopic (exact) mass is 376 g/mol. The first-order chi connectivity index (χ1) is 13.7. The van der Waals surface area contributed by atoms with Crippen molar-refractivity contribution in [1.29, 1.82) is 0 Å². The largest absolute Gasteiger partial charge is 0.369 e. The Kier molecular flexibility index (Phi) is 4.36. The molecule has 0 atom stereocenters. The molecular formula is C22H24N4O2. The van der Waals surface area contributed by atoms with Crippen molar-refractivity contribution in [1.82, 2.24) is 15.2 Å². The predicted octanol–water partition coefficient (Wildman–Crippen LogP) is 3.62. The van der Waals surface area contributed by atoms with Gasteiger partial charge in [0.25, 0.3) is 0 Å². The lowest BCUT2D eigenvalue weighted by molar-refractivity contribution is 0.101. The topological polar surface area (TPSA) is 62.5 Å². The summed E-state index contributed by atoms with van der Waals surface area (Å²) in [5, 5.41) is 8.22. The maximum absolute atomic E-state index is 11.5. The van der Waals surface area contributed by atoms with Gasteiger partial charge in [-0.05, 0) is 66.4 Å². The smallest absolute Gasteiger partial charge is 0.159 e. The fraction of sp³-hybridized carbons (Fsp3) is 0.409. The van der Waals surface area contributed by atoms with Crippen LogP contribution in [0.2, 0.25) is 0 Å². The van der Waals surface area contributed by atoms with E-state index in [0.29, 0.717) is 5.92 Å². The van der Waals surface area contributed by atoms with Crippen LogP contribution in [0.25, 0.3) is 22.2 Å². The summed E-state index contributed by atoms with van der Waals surface area (Å²) >= 11 is 0. The average Bonchev–Trinajstić information content (AvgIpc) is 3.35. The van der Waals surface area contributed by atoms with Crippen molar-refractivity contribution in [3.05, 3.63) is 42.0 Å². The first kappa shape index (κ1) is 17.4. The van der Waals surface area contributed by atoms with Crippen LogP contribution in [0.15, 0.2) is 41.0 Å². The molecule has 0 unspecified atom stereocenters. The summed E-state index contributed by atoms with van der Waals surface area (Å²) in [6.45, 7) is 7.38. The Morgan fingerprint density at radius 2 is 1.82 bits per heavy atom. The Morgan fingerprint density at radius 3 is 2.54 bits per heavy atom. The molecule has 3 aromatic rings. The zero-order valence-corrected chi connectivity index (χ0v) is 16.1. The molecule has 2 aliphatic heterocycles. The van der Waals surface area contributed by atoms with E-state index < -0.39 is 0 Å². The number of carbonyl (C=O) groups excluding carboxylic acids is 1. The third kappa shape index (κ3) is 3.18. The normalized spacial score (nSPS) is 18.0. The molecule has 0 amide bonds. The highest BCUT2D eigenvalue weighted by molar-refractivity contribution is 5.95. The molecule has 2 aromatic carbocycles. The third-order valence-corrected chi connectivity index (χ3v) is 5.98. The van der Waals surface area contributed by atoms with Crippen LogP contribution >= 0.6 is 0 Å². The summed E-state index contributed by atoms with van der Waals surface area (Å²) in [5.41, 5.74) is 5.53. The number of aromatic nitrogens is 2. The molecule has 1 aromatic heterocycles. The number of Topliss-reactive ketones (excluding diaryl/α,β-unsaturated/α-hetero) is 1. The van der Waals surface area contributed by atoms with Gasteiger partial charge in [0.1, 0.15) is 5.52 Å². The van der Waals surface area contributed by atoms with Gasteiger partial charge in [0.15, 0.2) is 11.3 Å². The fourth-order valence-electron chi connectivity index (χ4n) is 4.39. The maximum atomic E-state index is 11.5. The number of hydrogen-bond donors (Lipinski definition) is 0. The summed E-state index contributed by atoms with van der Waals surface area (Å²) in [5.74, 6) is 0.791. The molecule has 0 aliphatic carbocycles. The van der Waals surface area contributed by atoms with Crippen molar-refractivity contribution >= 4 is 22.5 Å². The van der Waals surface area contributed by atoms with E-state index >= 15 is 0 Å². The quantitative estimate of drug-likeness (QED) is 0.634. The molecular weight excluding hydrogens is 352 g/mol. The summed E-state index contributed by atoms with van der Waals surface area (Å²) in [6, 6.07) is 11.9. The number of ketones is 1. The second kappa shape index (κ2) is 7.02. The van der Waals surface area contributed by atoms with Crippen LogP contribution in [0.5, 0.6) is 0 Å². The van der Waals surface area contributed by atoms with Gasteiger partial charge in [-0.3, -0.25) is 4.79 Å². The molecule has 2 saturated heterocycles. The highest BCUT2D eigenvalue weighted by atomic mass is 16.6. The molecule has 0 saturated carbocycles. The zero-order chi connectivity index (χ0) is 19.1. The Bertz CT molecular complexity index is 999. The standard InChI is InChI=1S/C22H24N4O2/c1-15(27)17-4-6-18(7-5-17)19-10-20-22(24-28-23-20)21(11-19)26-13-16(14-26)12-25-8-2-3-9-25/h4-7,10-11,16H,2-3,8-9,12-14H2,1H3. The molecule has 0 radical (unpaired) electrons. The van der Waals surface area contributed by atoms with Gasteiger partial charge in [0, 0.05) is 31.1 Å². The van der Waals surface area contributed by atoms with Crippen LogP contribution in [0.4, 0.5) is 5.69 Å². The number of fused-ring (bicyclic) bond motifs is 1. The van der Waals surface area contributed by atoms with Crippen LogP contribution in [0.3, 0.4) is 0 Å². The van der Waals surface area contributed by atoms with Crippen LogP contribution in [0, 0.1) is 5.92 Å². The molecule has 6 heteroatoms. The maximum Gasteiger partial charge on any atom is 0.159 e. The van der Waals surface area contributed by atoms with Gasteiger partial charge in [0.2, 0.25) is 0 Å². The Labute approximate surface area is 164 Å². The van der Waals surface area contributed by atoms with Gasteiger partial charge >= 0.3 is 0 Å². The summed E-state index contributed by atoms with van der Waals surface area (Å²) in [4.78, 5) is 16.5. The Hall–Kier alpha value is -2.73. The van der Waals surface area contributed by atoms with Crippen molar-refractivity contribution in [2.24, 2.45) is 5.92 Å². The third-order valence-electron chi connectivity index (χ3n) is 5.98. The molecule has 144 valence electrons. The van der Waals surface area contributed by atoms with Crippen LogP contribution in [0.1, 0.15) is 30.1 Å². The van der Waals surface area contributed by atoms with Crippen molar-refractivity contribution in [2.75, 3.05) is 37.6 Å². The number of benzene rings is 2. The fourth-order valence-corrected chi connectivity index (χ4v) is 4.39. The minimum Gasteiger partial charge on any atom is -0.369 e. The first-order valence-electron chi connectivity index (χ1n) is 10.0. The lowest BCUT2D eigenvalue weighted by Gasteiger charge is -2.42. The Morgan fingerprint density at radius 1 is 1.07 bits per heavy atom. The number of nitrogens with zero attached hydrogens (tertiary/aromatic N) is 4. The first-order valence-corrected chi connectivity index (χ1v) is 10.0. The van der Waals surface area contributed by atoms with Crippen LogP contribution in [-0.4, -0.2) is 53.7 Å². The molecule has 28 heavy (non-hydrogen) atoms. The van der Waals surface area contributed by atoms with Crippen molar-refractivity contribution in [3.8, 4) is 11.1 Å². The number of carbonyl (C=O) groups is 1. The number of hydrogen-bond acceptors (Lipinski definition) is 6. The van der Waals surface area contributed by atoms with Crippen LogP contribution in [-0.2, 0) is 0 Å². The zero-order valence-electron chi connectivity index (χ0n) is 16.1. The second-order valence-electron chi connectivity index (χ2n) is 8.04. The van der Waals surface area contributed by atoms with Crippen LogP contribution < -0.4 is 4.90 Å². The molecule has 0 bridgehead atoms. The molecule has 0 spiro atoms. The lowest BCUT2D eigenvalue weighted by atomic mass is 9.96. The summed E-state index contributed by atoms with van der Waals surface area (Å²) in [6.07, 6.45) is 2.68. The second-order valence-corrected chi connectivity index (χ2v) is 8.04. The van der Waals surface area contributed by atoms with Crippen molar-refractivity contribution in [2.45, 2.75) is 19.8 Å². The number of rotatable bonds is 5. The highest BCUT2D eigenvalue weighted by Crippen LogP contribution is 2.35. The minimum atomic E-state index is 0.0769. The molecule has 5 rings (SSSR count). The minimum absolute atomic E-state index is 0.0769. The van der Waals surface area contributed by atoms with E-state index in [4.69, 9.17) is 4.63 Å². The lowest BCUT2D eigenvalue weighted by Crippen LogP contribution is -2.51. The molecule has 0 N–H and O–H groups in total. The van der Waals surface area contributed by atoms with E-state index in [0.717, 1.165) is 46.5 Å². The van der Waals surface area contributed by atoms with Gasteiger partial charge in [-0.2, -0.15) is 0 Å². The number of likely N-dealkylation sites (tertiary alicyclic amines) is 1. The highest BCUT2D eigenvalue weighted by Gasteiger charge is 2.31.